The Morgan fingerprint density at radius 3 is 2.32 bits per heavy atom. The number of rotatable bonds is 9. The van der Waals surface area contributed by atoms with Crippen LogP contribution in [0.2, 0.25) is 0 Å². The van der Waals surface area contributed by atoms with Crippen LogP contribution in [0, 0.1) is 0 Å². The molecule has 2 rings (SSSR count). The summed E-state index contributed by atoms with van der Waals surface area (Å²) in [6.45, 7) is 2.68. The van der Waals surface area contributed by atoms with Crippen molar-refractivity contribution in [3.63, 3.8) is 0 Å². The van der Waals surface area contributed by atoms with E-state index in [-0.39, 0.29) is 31.0 Å². The van der Waals surface area contributed by atoms with E-state index in [9.17, 15) is 9.59 Å². The molecule has 1 saturated carbocycles. The zero-order chi connectivity index (χ0) is 18.4. The van der Waals surface area contributed by atoms with E-state index in [1.165, 1.54) is 0 Å². The Hall–Kier alpha value is -2.28. The van der Waals surface area contributed by atoms with E-state index in [2.05, 4.69) is 5.32 Å². The molecule has 1 aliphatic rings. The number of likely N-dealkylation sites (N-methyl/N-ethyl adjacent to an activating group) is 1. The van der Waals surface area contributed by atoms with Crippen molar-refractivity contribution in [2.75, 3.05) is 27.3 Å². The quantitative estimate of drug-likeness (QED) is 0.698. The van der Waals surface area contributed by atoms with Gasteiger partial charge in [0.05, 0.1) is 27.2 Å². The third-order valence-electron chi connectivity index (χ3n) is 4.61. The number of aliphatic carboxylic acids is 1. The average molecular weight is 350 g/mol. The summed E-state index contributed by atoms with van der Waals surface area (Å²) in [5.41, 5.74) is 0.724. The molecule has 1 amide bonds. The fraction of sp³-hybridized carbons (Fsp3) is 0.556. The summed E-state index contributed by atoms with van der Waals surface area (Å²) < 4.78 is 10.6. The number of carbonyl (C=O) groups excluding carboxylic acids is 1. The first-order chi connectivity index (χ1) is 12.0. The molecular formula is C18H26N2O5. The highest BCUT2D eigenvalue weighted by molar-refractivity contribution is 5.80. The van der Waals surface area contributed by atoms with Gasteiger partial charge in [-0.2, -0.15) is 0 Å². The number of benzene rings is 1. The van der Waals surface area contributed by atoms with Gasteiger partial charge in [0, 0.05) is 17.6 Å². The second-order valence-electron chi connectivity index (χ2n) is 6.16. The topological polar surface area (TPSA) is 88.1 Å². The maximum absolute atomic E-state index is 12.3. The highest BCUT2D eigenvalue weighted by Crippen LogP contribution is 2.29. The number of carboxylic acid groups (broad SMARTS) is 1. The molecule has 1 aromatic carbocycles. The van der Waals surface area contributed by atoms with Crippen molar-refractivity contribution in [1.29, 1.82) is 0 Å². The Morgan fingerprint density at radius 1 is 1.24 bits per heavy atom. The Morgan fingerprint density at radius 2 is 1.84 bits per heavy atom. The van der Waals surface area contributed by atoms with Crippen LogP contribution in [-0.4, -0.2) is 61.3 Å². The average Bonchev–Trinajstić information content (AvgIpc) is 2.55. The molecule has 1 aliphatic carbocycles. The van der Waals surface area contributed by atoms with Gasteiger partial charge in [-0.05, 0) is 31.5 Å². The van der Waals surface area contributed by atoms with Crippen LogP contribution < -0.4 is 14.8 Å². The van der Waals surface area contributed by atoms with Crippen LogP contribution in [0.25, 0.3) is 0 Å². The van der Waals surface area contributed by atoms with Crippen LogP contribution in [0.3, 0.4) is 0 Å². The summed E-state index contributed by atoms with van der Waals surface area (Å²) in [6, 6.07) is 5.72. The van der Waals surface area contributed by atoms with Crippen LogP contribution in [0.15, 0.2) is 18.2 Å². The summed E-state index contributed by atoms with van der Waals surface area (Å²) in [6.07, 6.45) is 1.73. The summed E-state index contributed by atoms with van der Waals surface area (Å²) in [5, 5.41) is 11.9. The Bertz CT molecular complexity index is 591. The Kier molecular flexibility index (Phi) is 6.64. The zero-order valence-corrected chi connectivity index (χ0v) is 14.9. The maximum atomic E-state index is 12.3. The smallest absolute Gasteiger partial charge is 0.317 e. The normalized spacial score (nSPS) is 19.2. The Balaban J connectivity index is 1.88. The van der Waals surface area contributed by atoms with Crippen molar-refractivity contribution in [1.82, 2.24) is 10.2 Å². The number of methoxy groups -OCH3 is 2. The van der Waals surface area contributed by atoms with E-state index in [4.69, 9.17) is 14.6 Å². The molecule has 7 heteroatoms. The van der Waals surface area contributed by atoms with Crippen molar-refractivity contribution in [3.8, 4) is 11.5 Å². The van der Waals surface area contributed by atoms with E-state index < -0.39 is 5.97 Å². The number of ether oxygens (including phenoxy) is 2. The predicted octanol–water partition coefficient (Wildman–Crippen LogP) is 1.30. The summed E-state index contributed by atoms with van der Waals surface area (Å²) in [4.78, 5) is 25.1. The molecular weight excluding hydrogens is 324 g/mol. The van der Waals surface area contributed by atoms with Gasteiger partial charge in [-0.3, -0.25) is 14.5 Å². The number of hydrogen-bond acceptors (Lipinski definition) is 5. The van der Waals surface area contributed by atoms with Crippen molar-refractivity contribution in [2.45, 2.75) is 38.3 Å². The van der Waals surface area contributed by atoms with Gasteiger partial charge in [-0.25, -0.2) is 0 Å². The van der Waals surface area contributed by atoms with Gasteiger partial charge in [0.25, 0.3) is 0 Å². The molecule has 0 radical (unpaired) electrons. The third-order valence-corrected chi connectivity index (χ3v) is 4.61. The number of amides is 1. The third kappa shape index (κ3) is 4.85. The van der Waals surface area contributed by atoms with E-state index in [1.54, 1.807) is 26.4 Å². The molecule has 0 spiro atoms. The lowest BCUT2D eigenvalue weighted by Gasteiger charge is -2.42. The number of carboxylic acids is 1. The van der Waals surface area contributed by atoms with Gasteiger partial charge in [0.1, 0.15) is 11.5 Å². The van der Waals surface area contributed by atoms with E-state index in [0.29, 0.717) is 18.0 Å². The molecule has 1 aromatic rings. The molecule has 0 aromatic heterocycles. The van der Waals surface area contributed by atoms with Crippen molar-refractivity contribution < 1.29 is 24.2 Å². The second kappa shape index (κ2) is 8.71. The molecule has 0 aliphatic heterocycles. The summed E-state index contributed by atoms with van der Waals surface area (Å²) in [5.74, 6) is 0.337. The molecule has 0 bridgehead atoms. The maximum Gasteiger partial charge on any atom is 0.317 e. The SMILES string of the molecule is CCN(CC(=O)O)C1CC(NC(=O)Cc2c(OC)cccc2OC)C1. The van der Waals surface area contributed by atoms with Gasteiger partial charge in [0.15, 0.2) is 0 Å². The highest BCUT2D eigenvalue weighted by atomic mass is 16.5. The number of nitrogens with zero attached hydrogens (tertiary/aromatic N) is 1. The predicted molar refractivity (Wildman–Crippen MR) is 93.1 cm³/mol. The first kappa shape index (κ1) is 19.1. The monoisotopic (exact) mass is 350 g/mol. The fourth-order valence-electron chi connectivity index (χ4n) is 3.22. The van der Waals surface area contributed by atoms with Crippen molar-refractivity contribution >= 4 is 11.9 Å². The second-order valence-corrected chi connectivity index (χ2v) is 6.16. The number of hydrogen-bond donors (Lipinski definition) is 2. The van der Waals surface area contributed by atoms with E-state index in [0.717, 1.165) is 18.4 Å². The van der Waals surface area contributed by atoms with Gasteiger partial charge in [-0.15, -0.1) is 0 Å². The van der Waals surface area contributed by atoms with E-state index >= 15 is 0 Å². The fourth-order valence-corrected chi connectivity index (χ4v) is 3.22. The standard InChI is InChI=1S/C18H26N2O5/c1-4-20(11-18(22)23)13-8-12(9-13)19-17(21)10-14-15(24-2)6-5-7-16(14)25-3/h5-7,12-13H,4,8-11H2,1-3H3,(H,19,21)(H,22,23). The first-order valence-corrected chi connectivity index (χ1v) is 8.43. The number of nitrogens with one attached hydrogen (secondary N) is 1. The minimum absolute atomic E-state index is 0.0419. The Labute approximate surface area is 147 Å². The number of carbonyl (C=O) groups is 2. The summed E-state index contributed by atoms with van der Waals surface area (Å²) in [7, 11) is 3.13. The van der Waals surface area contributed by atoms with Gasteiger partial charge in [0.2, 0.25) is 5.91 Å². The highest BCUT2D eigenvalue weighted by Gasteiger charge is 2.34. The molecule has 0 unspecified atom stereocenters. The van der Waals surface area contributed by atoms with Crippen LogP contribution in [0.1, 0.15) is 25.3 Å². The van der Waals surface area contributed by atoms with E-state index in [1.807, 2.05) is 17.9 Å². The molecule has 0 saturated heterocycles. The molecule has 25 heavy (non-hydrogen) atoms. The van der Waals surface area contributed by atoms with Crippen molar-refractivity contribution in [2.24, 2.45) is 0 Å². The minimum Gasteiger partial charge on any atom is -0.496 e. The van der Waals surface area contributed by atoms with Crippen LogP contribution >= 0.6 is 0 Å². The molecule has 7 nitrogen and oxygen atoms in total. The van der Waals surface area contributed by atoms with Gasteiger partial charge in [-0.1, -0.05) is 13.0 Å². The first-order valence-electron chi connectivity index (χ1n) is 8.43. The zero-order valence-electron chi connectivity index (χ0n) is 14.9. The van der Waals surface area contributed by atoms with Crippen LogP contribution in [0.4, 0.5) is 0 Å². The minimum atomic E-state index is -0.822. The largest absolute Gasteiger partial charge is 0.496 e. The van der Waals surface area contributed by atoms with Crippen LogP contribution in [-0.2, 0) is 16.0 Å². The van der Waals surface area contributed by atoms with Crippen LogP contribution in [0.5, 0.6) is 11.5 Å². The molecule has 0 heterocycles. The lowest BCUT2D eigenvalue weighted by molar-refractivity contribution is -0.139. The van der Waals surface area contributed by atoms with Crippen molar-refractivity contribution in [3.05, 3.63) is 23.8 Å². The van der Waals surface area contributed by atoms with Gasteiger partial charge >= 0.3 is 5.97 Å². The molecule has 1 fully saturated rings. The lowest BCUT2D eigenvalue weighted by atomic mass is 9.85. The molecule has 138 valence electrons. The molecule has 2 N–H and O–H groups in total. The van der Waals surface area contributed by atoms with Gasteiger partial charge < -0.3 is 19.9 Å². The summed E-state index contributed by atoms with van der Waals surface area (Å²) >= 11 is 0. The lowest BCUT2D eigenvalue weighted by Crippen LogP contribution is -2.55. The molecule has 0 atom stereocenters.